The number of phenolic OH excluding ortho intramolecular Hbond substituents is 1. The van der Waals surface area contributed by atoms with Gasteiger partial charge in [0, 0.05) is 38.8 Å². The van der Waals surface area contributed by atoms with Crippen LogP contribution in [0.2, 0.25) is 0 Å². The normalized spacial score (nSPS) is 22.4. The summed E-state index contributed by atoms with van der Waals surface area (Å²) in [6, 6.07) is 9.11. The number of ether oxygens (including phenoxy) is 1. The lowest BCUT2D eigenvalue weighted by atomic mass is 9.91. The van der Waals surface area contributed by atoms with Crippen LogP contribution < -0.4 is 0 Å². The van der Waals surface area contributed by atoms with Crippen molar-refractivity contribution < 1.29 is 19.4 Å². The van der Waals surface area contributed by atoms with Gasteiger partial charge >= 0.3 is 6.09 Å². The van der Waals surface area contributed by atoms with E-state index in [1.165, 1.54) is 19.3 Å². The molecule has 1 atom stereocenters. The summed E-state index contributed by atoms with van der Waals surface area (Å²) in [6.07, 6.45) is 6.26. The predicted molar refractivity (Wildman–Crippen MR) is 124 cm³/mol. The van der Waals surface area contributed by atoms with Crippen LogP contribution >= 0.6 is 0 Å². The maximum Gasteiger partial charge on any atom is 0.410 e. The van der Waals surface area contributed by atoms with E-state index in [1.54, 1.807) is 29.2 Å². The highest BCUT2D eigenvalue weighted by Gasteiger charge is 2.39. The van der Waals surface area contributed by atoms with Gasteiger partial charge in [0.05, 0.1) is 0 Å². The molecule has 4 rings (SSSR count). The van der Waals surface area contributed by atoms with Crippen LogP contribution in [0.3, 0.4) is 0 Å². The number of para-hydroxylation sites is 1. The number of phenols is 1. The van der Waals surface area contributed by atoms with Gasteiger partial charge < -0.3 is 14.7 Å². The highest BCUT2D eigenvalue weighted by molar-refractivity contribution is 5.86. The Labute approximate surface area is 192 Å². The van der Waals surface area contributed by atoms with Crippen molar-refractivity contribution in [2.24, 2.45) is 0 Å². The first-order valence-corrected chi connectivity index (χ1v) is 12.0. The average Bonchev–Trinajstić information content (AvgIpc) is 3.06. The number of hydrogen-bond acceptors (Lipinski definition) is 5. The molecule has 2 saturated heterocycles. The van der Waals surface area contributed by atoms with Crippen molar-refractivity contribution in [1.82, 2.24) is 14.7 Å². The molecule has 1 N–H and O–H groups in total. The van der Waals surface area contributed by atoms with Gasteiger partial charge in [-0.15, -0.1) is 0 Å². The Hall–Kier alpha value is -2.28. The zero-order valence-corrected chi connectivity index (χ0v) is 19.8. The van der Waals surface area contributed by atoms with Gasteiger partial charge in [0.25, 0.3) is 0 Å². The molecule has 1 aromatic carbocycles. The van der Waals surface area contributed by atoms with Crippen molar-refractivity contribution in [3.8, 4) is 5.75 Å². The van der Waals surface area contributed by atoms with Gasteiger partial charge in [-0.3, -0.25) is 14.6 Å². The van der Waals surface area contributed by atoms with Crippen LogP contribution in [0.5, 0.6) is 5.75 Å². The Morgan fingerprint density at radius 3 is 2.19 bits per heavy atom. The van der Waals surface area contributed by atoms with Gasteiger partial charge in [-0.25, -0.2) is 4.79 Å². The van der Waals surface area contributed by atoms with E-state index >= 15 is 0 Å². The van der Waals surface area contributed by atoms with E-state index in [0.29, 0.717) is 12.3 Å². The highest BCUT2D eigenvalue weighted by atomic mass is 16.6. The monoisotopic (exact) mass is 445 g/mol. The molecule has 3 fully saturated rings. The molecule has 1 aliphatic carbocycles. The number of carbonyl (C=O) groups is 2. The van der Waals surface area contributed by atoms with E-state index in [1.807, 2.05) is 31.7 Å². The van der Waals surface area contributed by atoms with E-state index in [-0.39, 0.29) is 18.0 Å². The zero-order valence-electron chi connectivity index (χ0n) is 19.8. The third-order valence-electron chi connectivity index (χ3n) is 6.36. The fraction of sp³-hybridized carbons (Fsp3) is 0.680. The summed E-state index contributed by atoms with van der Waals surface area (Å²) in [7, 11) is 0. The van der Waals surface area contributed by atoms with Crippen LogP contribution in [-0.4, -0.2) is 82.2 Å². The summed E-state index contributed by atoms with van der Waals surface area (Å²) >= 11 is 0. The maximum atomic E-state index is 13.1. The van der Waals surface area contributed by atoms with Crippen molar-refractivity contribution in [2.75, 3.05) is 32.7 Å². The van der Waals surface area contributed by atoms with Crippen LogP contribution in [0.1, 0.15) is 59.3 Å². The van der Waals surface area contributed by atoms with Crippen molar-refractivity contribution in [3.63, 3.8) is 0 Å². The van der Waals surface area contributed by atoms with E-state index in [0.717, 1.165) is 51.5 Å². The summed E-state index contributed by atoms with van der Waals surface area (Å²) in [6.45, 7) is 9.86. The van der Waals surface area contributed by atoms with Crippen LogP contribution in [0.25, 0.3) is 0 Å². The number of aromatic hydroxyl groups is 1. The second-order valence-electron chi connectivity index (χ2n) is 9.97. The largest absolute Gasteiger partial charge is 0.508 e. The fourth-order valence-electron chi connectivity index (χ4n) is 4.48. The number of carbonyl (C=O) groups excluding carboxylic acids is 2. The van der Waals surface area contributed by atoms with Crippen LogP contribution in [0, 0.1) is 0 Å². The zero-order chi connectivity index (χ0) is 23.1. The van der Waals surface area contributed by atoms with Crippen molar-refractivity contribution in [1.29, 1.82) is 0 Å². The molecule has 0 unspecified atom stereocenters. The summed E-state index contributed by atoms with van der Waals surface area (Å²) in [5.74, 6) is 0.432. The quantitative estimate of drug-likeness (QED) is 0.748. The first kappa shape index (κ1) is 24.4. The van der Waals surface area contributed by atoms with Gasteiger partial charge in [0.2, 0.25) is 5.91 Å². The Morgan fingerprint density at radius 1 is 0.906 bits per heavy atom. The van der Waals surface area contributed by atoms with Crippen LogP contribution in [-0.2, 0) is 9.53 Å². The van der Waals surface area contributed by atoms with Crippen LogP contribution in [0.15, 0.2) is 30.3 Å². The minimum atomic E-state index is -0.529. The van der Waals surface area contributed by atoms with Crippen molar-refractivity contribution in [2.45, 2.75) is 77.0 Å². The van der Waals surface area contributed by atoms with E-state index in [2.05, 4.69) is 4.90 Å². The topological polar surface area (TPSA) is 73.3 Å². The molecule has 2 heterocycles. The molecule has 7 heteroatoms. The third-order valence-corrected chi connectivity index (χ3v) is 6.36. The van der Waals surface area contributed by atoms with E-state index in [9.17, 15) is 9.59 Å². The minimum Gasteiger partial charge on any atom is -0.508 e. The summed E-state index contributed by atoms with van der Waals surface area (Å²) < 4.78 is 5.49. The van der Waals surface area contributed by atoms with E-state index < -0.39 is 5.60 Å². The smallest absolute Gasteiger partial charge is 0.410 e. The van der Waals surface area contributed by atoms with Gasteiger partial charge in [0.15, 0.2) is 0 Å². The Kier molecular flexibility index (Phi) is 8.40. The van der Waals surface area contributed by atoms with E-state index in [4.69, 9.17) is 9.84 Å². The first-order valence-electron chi connectivity index (χ1n) is 12.0. The molecule has 2 aliphatic heterocycles. The summed E-state index contributed by atoms with van der Waals surface area (Å²) in [5, 5.41) is 8.63. The number of amides is 2. The average molecular weight is 446 g/mol. The standard InChI is InChI=1S/C19H33N3O3.C6H6O/c1-19(2,3)25-18(24)22-12-5-9-16(22)17(23)21-11-6-10-20(13-14-21)15-7-4-8-15;7-6-4-2-1-3-5-6/h15-16H,4-14H2,1-3H3;1-5,7H/t16-;/m1./s1. The SMILES string of the molecule is CC(C)(C)OC(=O)N1CCC[C@@H]1C(=O)N1CCCN(C2CCC2)CC1.Oc1ccccc1. The number of likely N-dealkylation sites (tertiary alicyclic amines) is 1. The number of benzene rings is 1. The lowest BCUT2D eigenvalue weighted by molar-refractivity contribution is -0.135. The Morgan fingerprint density at radius 2 is 1.62 bits per heavy atom. The van der Waals surface area contributed by atoms with Gasteiger partial charge in [-0.1, -0.05) is 24.6 Å². The molecule has 3 aliphatic rings. The fourth-order valence-corrected chi connectivity index (χ4v) is 4.48. The summed E-state index contributed by atoms with van der Waals surface area (Å²) in [4.78, 5) is 31.7. The molecule has 0 spiro atoms. The van der Waals surface area contributed by atoms with Gasteiger partial charge in [-0.2, -0.15) is 0 Å². The molecule has 0 bridgehead atoms. The molecule has 0 aromatic heterocycles. The number of nitrogens with zero attached hydrogens (tertiary/aromatic N) is 3. The summed E-state index contributed by atoms with van der Waals surface area (Å²) in [5.41, 5.74) is -0.529. The van der Waals surface area contributed by atoms with Crippen molar-refractivity contribution >= 4 is 12.0 Å². The van der Waals surface area contributed by atoms with Gasteiger partial charge in [-0.05, 0) is 65.0 Å². The van der Waals surface area contributed by atoms with Crippen LogP contribution in [0.4, 0.5) is 4.79 Å². The lowest BCUT2D eigenvalue weighted by Gasteiger charge is -2.37. The molecule has 7 nitrogen and oxygen atoms in total. The highest BCUT2D eigenvalue weighted by Crippen LogP contribution is 2.27. The number of hydrogen-bond donors (Lipinski definition) is 1. The number of rotatable bonds is 2. The Bertz CT molecular complexity index is 745. The predicted octanol–water partition coefficient (Wildman–Crippen LogP) is 3.86. The first-order chi connectivity index (χ1) is 15.2. The second kappa shape index (κ2) is 11.0. The molecule has 2 amide bonds. The lowest BCUT2D eigenvalue weighted by Crippen LogP contribution is -2.50. The second-order valence-corrected chi connectivity index (χ2v) is 9.97. The molecule has 1 aromatic rings. The molecule has 32 heavy (non-hydrogen) atoms. The molecular weight excluding hydrogens is 406 g/mol. The van der Waals surface area contributed by atoms with Gasteiger partial charge in [0.1, 0.15) is 17.4 Å². The molecule has 0 radical (unpaired) electrons. The molecular formula is C25H39N3O4. The maximum absolute atomic E-state index is 13.1. The minimum absolute atomic E-state index is 0.110. The Balaban J connectivity index is 0.000000352. The third kappa shape index (κ3) is 6.86. The van der Waals surface area contributed by atoms with Crippen molar-refractivity contribution in [3.05, 3.63) is 30.3 Å². The molecule has 178 valence electrons. The molecule has 1 saturated carbocycles.